The van der Waals surface area contributed by atoms with Gasteiger partial charge in [-0.15, -0.1) is 6.58 Å². The van der Waals surface area contributed by atoms with Crippen molar-refractivity contribution in [3.8, 4) is 0 Å². The highest BCUT2D eigenvalue weighted by Crippen LogP contribution is 2.31. The van der Waals surface area contributed by atoms with Crippen molar-refractivity contribution >= 4 is 24.4 Å². The highest BCUT2D eigenvalue weighted by molar-refractivity contribution is 6.57. The van der Waals surface area contributed by atoms with Gasteiger partial charge in [0, 0.05) is 18.3 Å². The van der Waals surface area contributed by atoms with Gasteiger partial charge in [-0.2, -0.15) is 0 Å². The Bertz CT molecular complexity index is 273. The molecule has 0 aliphatic carbocycles. The summed E-state index contributed by atoms with van der Waals surface area (Å²) in [6.45, 7) is 11.8. The normalized spacial score (nSPS) is 13.5. The maximum atomic E-state index is 9.94. The third kappa shape index (κ3) is 10.7. The Balaban J connectivity index is 3.65. The summed E-state index contributed by atoms with van der Waals surface area (Å²) in [7, 11) is -0.535. The highest BCUT2D eigenvalue weighted by atomic mass is 28.3. The topological polar surface area (TPSA) is 29.4 Å². The van der Waals surface area contributed by atoms with Gasteiger partial charge in [0.25, 0.3) is 0 Å². The molecular weight excluding hydrogens is 254 g/mol. The van der Waals surface area contributed by atoms with Crippen LogP contribution in [0.1, 0.15) is 33.1 Å². The summed E-state index contributed by atoms with van der Waals surface area (Å²) in [6, 6.07) is 4.04. The highest BCUT2D eigenvalue weighted by Gasteiger charge is 2.17. The Hall–Kier alpha value is -0.446. The Morgan fingerprint density at radius 1 is 1.44 bits per heavy atom. The zero-order chi connectivity index (χ0) is 13.9. The third-order valence-corrected chi connectivity index (χ3v) is 8.65. The number of hydrogen-bond donors (Lipinski definition) is 0. The minimum absolute atomic E-state index is 0.0397. The smallest absolute Gasteiger partial charge is 0.211 e. The largest absolute Gasteiger partial charge is 0.234 e. The molecule has 0 saturated heterocycles. The molecule has 0 N–H and O–H groups in total. The lowest BCUT2D eigenvalue weighted by atomic mass is 10.1. The quantitative estimate of drug-likeness (QED) is 0.188. The van der Waals surface area contributed by atoms with Crippen molar-refractivity contribution in [3.63, 3.8) is 0 Å². The van der Waals surface area contributed by atoms with E-state index in [1.54, 1.807) is 6.08 Å². The SMILES string of the molecule is C=CC[SiH](C)CCCC(C)(C)[SiH2]CCCN=C=O. The fourth-order valence-electron chi connectivity index (χ4n) is 2.30. The van der Waals surface area contributed by atoms with E-state index >= 15 is 0 Å². The van der Waals surface area contributed by atoms with Crippen LogP contribution in [0.15, 0.2) is 17.6 Å². The monoisotopic (exact) mass is 283 g/mol. The van der Waals surface area contributed by atoms with E-state index in [4.69, 9.17) is 0 Å². The van der Waals surface area contributed by atoms with Gasteiger partial charge in [-0.1, -0.05) is 51.4 Å². The molecule has 0 aliphatic rings. The molecule has 1 atom stereocenters. The molecule has 18 heavy (non-hydrogen) atoms. The first-order valence-electron chi connectivity index (χ1n) is 7.16. The second-order valence-electron chi connectivity index (χ2n) is 6.12. The summed E-state index contributed by atoms with van der Waals surface area (Å²) in [4.78, 5) is 13.5. The predicted molar refractivity (Wildman–Crippen MR) is 87.1 cm³/mol. The lowest BCUT2D eigenvalue weighted by Gasteiger charge is -2.24. The number of rotatable bonds is 11. The van der Waals surface area contributed by atoms with E-state index in [9.17, 15) is 4.79 Å². The summed E-state index contributed by atoms with van der Waals surface area (Å²) in [5.41, 5.74) is 0. The number of isocyanates is 1. The maximum Gasteiger partial charge on any atom is 0.234 e. The van der Waals surface area contributed by atoms with Gasteiger partial charge in [0.05, 0.1) is 6.54 Å². The molecule has 0 fully saturated rings. The van der Waals surface area contributed by atoms with Crippen molar-refractivity contribution in [3.05, 3.63) is 12.7 Å². The first kappa shape index (κ1) is 17.6. The van der Waals surface area contributed by atoms with E-state index in [2.05, 4.69) is 38.0 Å². The molecule has 0 aromatic carbocycles. The van der Waals surface area contributed by atoms with Crippen molar-refractivity contribution in [2.24, 2.45) is 4.99 Å². The van der Waals surface area contributed by atoms with Crippen LogP contribution in [0.5, 0.6) is 0 Å². The van der Waals surface area contributed by atoms with Crippen LogP contribution in [0, 0.1) is 0 Å². The molecule has 0 heterocycles. The summed E-state index contributed by atoms with van der Waals surface area (Å²) in [5.74, 6) is 0. The molecular formula is C14H29NOSi2. The van der Waals surface area contributed by atoms with Crippen LogP contribution < -0.4 is 0 Å². The Morgan fingerprint density at radius 3 is 2.78 bits per heavy atom. The van der Waals surface area contributed by atoms with Crippen LogP contribution in [0.2, 0.25) is 29.7 Å². The number of nitrogens with zero attached hydrogens (tertiary/aromatic N) is 1. The van der Waals surface area contributed by atoms with E-state index in [-0.39, 0.29) is 9.52 Å². The predicted octanol–water partition coefficient (Wildman–Crippen LogP) is 3.32. The van der Waals surface area contributed by atoms with Crippen molar-refractivity contribution in [2.75, 3.05) is 6.54 Å². The van der Waals surface area contributed by atoms with Crippen molar-refractivity contribution in [1.29, 1.82) is 0 Å². The lowest BCUT2D eigenvalue weighted by molar-refractivity contribution is 0.562. The van der Waals surface area contributed by atoms with Gasteiger partial charge in [-0.05, 0) is 17.5 Å². The molecule has 0 saturated carbocycles. The molecule has 0 aromatic rings. The van der Waals surface area contributed by atoms with Gasteiger partial charge in [0.1, 0.15) is 0 Å². The molecule has 104 valence electrons. The van der Waals surface area contributed by atoms with Gasteiger partial charge in [0.15, 0.2) is 0 Å². The van der Waals surface area contributed by atoms with Gasteiger partial charge in [-0.25, -0.2) is 9.79 Å². The average molecular weight is 284 g/mol. The van der Waals surface area contributed by atoms with Gasteiger partial charge >= 0.3 is 0 Å². The summed E-state index contributed by atoms with van der Waals surface area (Å²) >= 11 is 0. The molecule has 0 radical (unpaired) electrons. The second-order valence-corrected chi connectivity index (χ2v) is 12.5. The van der Waals surface area contributed by atoms with E-state index in [1.165, 1.54) is 31.0 Å². The molecule has 0 amide bonds. The maximum absolute atomic E-state index is 9.94. The van der Waals surface area contributed by atoms with E-state index in [0.717, 1.165) is 6.42 Å². The van der Waals surface area contributed by atoms with Crippen LogP contribution in [-0.2, 0) is 4.79 Å². The van der Waals surface area contributed by atoms with Gasteiger partial charge in [0.2, 0.25) is 6.08 Å². The minimum atomic E-state index is -0.495. The molecule has 1 unspecified atom stereocenters. The van der Waals surface area contributed by atoms with E-state index in [0.29, 0.717) is 11.6 Å². The molecule has 0 rings (SSSR count). The second kappa shape index (κ2) is 10.5. The van der Waals surface area contributed by atoms with Crippen molar-refractivity contribution in [1.82, 2.24) is 0 Å². The van der Waals surface area contributed by atoms with Crippen LogP contribution in [0.3, 0.4) is 0 Å². The number of carbonyl (C=O) groups excluding carboxylic acids is 1. The first-order valence-corrected chi connectivity index (χ1v) is 11.7. The van der Waals surface area contributed by atoms with Crippen molar-refractivity contribution < 1.29 is 4.79 Å². The third-order valence-electron chi connectivity index (χ3n) is 3.56. The van der Waals surface area contributed by atoms with Crippen molar-refractivity contribution in [2.45, 2.75) is 62.8 Å². The van der Waals surface area contributed by atoms with Crippen LogP contribution in [-0.4, -0.2) is 30.9 Å². The summed E-state index contributed by atoms with van der Waals surface area (Å²) in [5, 5.41) is 0.577. The molecule has 0 bridgehead atoms. The lowest BCUT2D eigenvalue weighted by Crippen LogP contribution is -2.14. The Labute approximate surface area is 116 Å². The fraction of sp³-hybridized carbons (Fsp3) is 0.786. The molecule has 0 aromatic heterocycles. The zero-order valence-electron chi connectivity index (χ0n) is 12.4. The minimum Gasteiger partial charge on any atom is -0.211 e. The fourth-order valence-corrected chi connectivity index (χ4v) is 5.93. The average Bonchev–Trinajstić information content (AvgIpc) is 2.28. The number of hydrogen-bond acceptors (Lipinski definition) is 2. The van der Waals surface area contributed by atoms with E-state index in [1.807, 2.05) is 0 Å². The Kier molecular flexibility index (Phi) is 10.2. The molecule has 4 heteroatoms. The van der Waals surface area contributed by atoms with Crippen LogP contribution >= 0.6 is 0 Å². The zero-order valence-corrected chi connectivity index (χ0v) is 14.9. The van der Waals surface area contributed by atoms with Crippen LogP contribution in [0.4, 0.5) is 0 Å². The first-order chi connectivity index (χ1) is 8.52. The Morgan fingerprint density at radius 2 is 2.17 bits per heavy atom. The molecule has 0 spiro atoms. The van der Waals surface area contributed by atoms with Crippen LogP contribution in [0.25, 0.3) is 0 Å². The number of aliphatic imine (C=N–C) groups is 1. The van der Waals surface area contributed by atoms with Gasteiger partial charge < -0.3 is 0 Å². The summed E-state index contributed by atoms with van der Waals surface area (Å²) < 4.78 is 0. The molecule has 2 nitrogen and oxygen atoms in total. The van der Waals surface area contributed by atoms with E-state index < -0.39 is 8.80 Å². The molecule has 0 aliphatic heterocycles. The number of allylic oxidation sites excluding steroid dienone is 1. The van der Waals surface area contributed by atoms with Gasteiger partial charge in [-0.3, -0.25) is 0 Å². The standard InChI is InChI=1S/C14H29NOSi2/c1-5-11-18(4)12-6-8-14(2,3)17-10-7-9-15-13-16/h5,18H,1,6-12,17H2,2-4H3. The summed E-state index contributed by atoms with van der Waals surface area (Å²) in [6.07, 6.45) is 7.55.